The monoisotopic (exact) mass is 772 g/mol. The first-order chi connectivity index (χ1) is 29.8. The third-order valence-electron chi connectivity index (χ3n) is 11.7. The Morgan fingerprint density at radius 2 is 1.13 bits per heavy atom. The van der Waals surface area contributed by atoms with E-state index in [1.54, 1.807) is 0 Å². The van der Waals surface area contributed by atoms with Gasteiger partial charge in [0.05, 0.1) is 22.4 Å². The van der Waals surface area contributed by atoms with Crippen molar-refractivity contribution in [2.45, 2.75) is 0 Å². The minimum absolute atomic E-state index is 0.550. The molecular weight excluding hydrogens is 737 g/mol. The maximum Gasteiger partial charge on any atom is 0.161 e. The summed E-state index contributed by atoms with van der Waals surface area (Å²) < 4.78 is 15.8. The van der Waals surface area contributed by atoms with Crippen molar-refractivity contribution in [1.29, 1.82) is 0 Å². The largest absolute Gasteiger partial charge is 0.457 e. The van der Waals surface area contributed by atoms with Gasteiger partial charge in [0, 0.05) is 56.7 Å². The molecule has 284 valence electrons. The summed E-state index contributed by atoms with van der Waals surface area (Å²) >= 11 is 0. The first-order valence-corrected chi connectivity index (χ1v) is 20.2. The van der Waals surface area contributed by atoms with Gasteiger partial charge in [-0.05, 0) is 71.8 Å². The second-order valence-corrected chi connectivity index (χ2v) is 15.2. The summed E-state index contributed by atoms with van der Waals surface area (Å²) in [6.07, 6.45) is 1.83. The van der Waals surface area contributed by atoms with Crippen LogP contribution in [-0.4, -0.2) is 16.2 Å². The number of para-hydroxylation sites is 3. The Morgan fingerprint density at radius 3 is 1.92 bits per heavy atom. The van der Waals surface area contributed by atoms with Gasteiger partial charge in [-0.1, -0.05) is 127 Å². The molecule has 0 N–H and O–H groups in total. The minimum Gasteiger partial charge on any atom is -0.457 e. The molecule has 0 atom stereocenters. The molecular formula is C54H36N4O2. The summed E-state index contributed by atoms with van der Waals surface area (Å²) in [5.74, 6) is 2.35. The number of hydrogen-bond donors (Lipinski definition) is 0. The number of nitrogens with zero attached hydrogens (tertiary/aromatic N) is 4. The Bertz CT molecular complexity index is 3340. The molecule has 0 amide bonds. The third kappa shape index (κ3) is 5.46. The van der Waals surface area contributed by atoms with E-state index in [0.717, 1.165) is 101 Å². The summed E-state index contributed by atoms with van der Waals surface area (Å²) in [5.41, 5.74) is 12.7. The molecule has 1 aliphatic heterocycles. The second-order valence-electron chi connectivity index (χ2n) is 15.2. The zero-order chi connectivity index (χ0) is 39.6. The first-order valence-electron chi connectivity index (χ1n) is 20.2. The van der Waals surface area contributed by atoms with E-state index in [-0.39, 0.29) is 0 Å². The zero-order valence-corrected chi connectivity index (χ0v) is 32.4. The molecule has 3 aromatic heterocycles. The standard InChI is InChI=1S/C54H36N4O2/c1-3-15-36(16-4-1)41-23-14-24-42(37-17-5-2-6-18-37)52(41)57-35-56(48-31-30-46-45-22-8-10-26-50(45)60-54(46)53(48)57)38-19-13-20-39(33-38)59-40-28-29-44-43-21-7-9-25-47(43)58(49(44)34-40)51-27-11-12-32-55-51/h1-34H,35H2. The lowest BCUT2D eigenvalue weighted by atomic mass is 9.95. The van der Waals surface area contributed by atoms with Gasteiger partial charge in [-0.15, -0.1) is 0 Å². The molecule has 8 aromatic carbocycles. The summed E-state index contributed by atoms with van der Waals surface area (Å²) in [5, 5.41) is 4.51. The number of hydrogen-bond acceptors (Lipinski definition) is 5. The highest BCUT2D eigenvalue weighted by Crippen LogP contribution is 2.54. The van der Waals surface area contributed by atoms with Crippen LogP contribution in [0.2, 0.25) is 0 Å². The smallest absolute Gasteiger partial charge is 0.161 e. The van der Waals surface area contributed by atoms with Gasteiger partial charge in [0.1, 0.15) is 35.3 Å². The summed E-state index contributed by atoms with van der Waals surface area (Å²) in [4.78, 5) is 9.54. The lowest BCUT2D eigenvalue weighted by Gasteiger charge is -2.27. The topological polar surface area (TPSA) is 46.7 Å². The fraction of sp³-hybridized carbons (Fsp3) is 0.0185. The van der Waals surface area contributed by atoms with Crippen molar-refractivity contribution in [3.8, 4) is 39.6 Å². The molecule has 1 aliphatic rings. The Balaban J connectivity index is 1.00. The van der Waals surface area contributed by atoms with Crippen LogP contribution in [0.5, 0.6) is 11.5 Å². The van der Waals surface area contributed by atoms with Gasteiger partial charge in [-0.2, -0.15) is 0 Å². The molecule has 60 heavy (non-hydrogen) atoms. The van der Waals surface area contributed by atoms with Crippen LogP contribution in [0.4, 0.5) is 22.7 Å². The van der Waals surface area contributed by atoms with Gasteiger partial charge in [0.25, 0.3) is 0 Å². The number of benzene rings is 8. The van der Waals surface area contributed by atoms with Gasteiger partial charge in [0.15, 0.2) is 5.58 Å². The SMILES string of the molecule is c1ccc(-c2cccc(-c3ccccc3)c2N2CN(c3cccc(Oc4ccc5c6ccccc6n(-c6ccccn6)c5c4)c3)c3ccc4c(oc5ccccc54)c32)cc1. The lowest BCUT2D eigenvalue weighted by Crippen LogP contribution is -2.25. The summed E-state index contributed by atoms with van der Waals surface area (Å²) in [7, 11) is 0. The summed E-state index contributed by atoms with van der Waals surface area (Å²) in [6.45, 7) is 0.550. The fourth-order valence-electron chi connectivity index (χ4n) is 9.07. The van der Waals surface area contributed by atoms with Crippen LogP contribution >= 0.6 is 0 Å². The highest BCUT2D eigenvalue weighted by molar-refractivity contribution is 6.15. The maximum absolute atomic E-state index is 6.82. The van der Waals surface area contributed by atoms with Gasteiger partial charge >= 0.3 is 0 Å². The Morgan fingerprint density at radius 1 is 0.467 bits per heavy atom. The van der Waals surface area contributed by atoms with Crippen molar-refractivity contribution in [1.82, 2.24) is 9.55 Å². The van der Waals surface area contributed by atoms with E-state index in [2.05, 4.69) is 184 Å². The third-order valence-corrected chi connectivity index (χ3v) is 11.7. The quantitative estimate of drug-likeness (QED) is 0.161. The van der Waals surface area contributed by atoms with Gasteiger partial charge in [-0.3, -0.25) is 4.57 Å². The molecule has 0 aliphatic carbocycles. The number of furan rings is 1. The van der Waals surface area contributed by atoms with E-state index in [0.29, 0.717) is 6.67 Å². The van der Waals surface area contributed by atoms with Crippen molar-refractivity contribution in [2.24, 2.45) is 0 Å². The van der Waals surface area contributed by atoms with Gasteiger partial charge < -0.3 is 19.0 Å². The van der Waals surface area contributed by atoms with Crippen LogP contribution in [0, 0.1) is 0 Å². The van der Waals surface area contributed by atoms with E-state index in [4.69, 9.17) is 14.1 Å². The normalized spacial score (nSPS) is 12.5. The van der Waals surface area contributed by atoms with Crippen LogP contribution in [-0.2, 0) is 0 Å². The van der Waals surface area contributed by atoms with E-state index in [1.807, 2.05) is 36.5 Å². The van der Waals surface area contributed by atoms with Crippen LogP contribution < -0.4 is 14.5 Å². The highest BCUT2D eigenvalue weighted by atomic mass is 16.5. The molecule has 0 spiro atoms. The van der Waals surface area contributed by atoms with Crippen molar-refractivity contribution in [2.75, 3.05) is 16.5 Å². The molecule has 6 heteroatoms. The van der Waals surface area contributed by atoms with Crippen molar-refractivity contribution in [3.63, 3.8) is 0 Å². The second kappa shape index (κ2) is 13.8. The average molecular weight is 773 g/mol. The summed E-state index contributed by atoms with van der Waals surface area (Å²) in [6, 6.07) is 69.9. The molecule has 6 nitrogen and oxygen atoms in total. The van der Waals surface area contributed by atoms with E-state index >= 15 is 0 Å². The molecule has 11 aromatic rings. The predicted molar refractivity (Wildman–Crippen MR) is 245 cm³/mol. The average Bonchev–Trinajstić information content (AvgIpc) is 3.99. The molecule has 0 unspecified atom stereocenters. The molecule has 0 radical (unpaired) electrons. The first kappa shape index (κ1) is 34.0. The number of aromatic nitrogens is 2. The zero-order valence-electron chi connectivity index (χ0n) is 32.4. The minimum atomic E-state index is 0.550. The number of ether oxygens (including phenoxy) is 1. The van der Waals surface area contributed by atoms with Crippen LogP contribution in [0.15, 0.2) is 211 Å². The van der Waals surface area contributed by atoms with Gasteiger partial charge in [0.2, 0.25) is 0 Å². The predicted octanol–water partition coefficient (Wildman–Crippen LogP) is 14.5. The number of pyridine rings is 1. The Labute approximate surface area is 346 Å². The molecule has 0 saturated heterocycles. The van der Waals surface area contributed by atoms with Gasteiger partial charge in [-0.25, -0.2) is 4.98 Å². The number of fused-ring (bicyclic) bond motifs is 8. The fourth-order valence-corrected chi connectivity index (χ4v) is 9.07. The number of rotatable bonds is 7. The van der Waals surface area contributed by atoms with Crippen molar-refractivity contribution in [3.05, 3.63) is 206 Å². The Hall–Kier alpha value is -8.09. The van der Waals surface area contributed by atoms with E-state index in [1.165, 1.54) is 5.39 Å². The molecule has 4 heterocycles. The molecule has 0 fully saturated rings. The van der Waals surface area contributed by atoms with Crippen LogP contribution in [0.25, 0.3) is 71.8 Å². The lowest BCUT2D eigenvalue weighted by molar-refractivity contribution is 0.483. The molecule has 0 saturated carbocycles. The number of anilines is 4. The Kier molecular flexibility index (Phi) is 7.81. The molecule has 12 rings (SSSR count). The van der Waals surface area contributed by atoms with E-state index < -0.39 is 0 Å². The van der Waals surface area contributed by atoms with Crippen molar-refractivity contribution < 1.29 is 9.15 Å². The van der Waals surface area contributed by atoms with E-state index in [9.17, 15) is 0 Å². The van der Waals surface area contributed by atoms with Crippen molar-refractivity contribution >= 4 is 66.5 Å². The highest BCUT2D eigenvalue weighted by Gasteiger charge is 2.35. The van der Waals surface area contributed by atoms with Crippen LogP contribution in [0.1, 0.15) is 0 Å². The maximum atomic E-state index is 6.82. The molecule has 0 bridgehead atoms. The van der Waals surface area contributed by atoms with Crippen LogP contribution in [0.3, 0.4) is 0 Å².